The van der Waals surface area contributed by atoms with Crippen molar-refractivity contribution in [2.45, 2.75) is 19.3 Å². The van der Waals surface area contributed by atoms with Gasteiger partial charge in [0.15, 0.2) is 0 Å². The molecule has 0 aromatic heterocycles. The van der Waals surface area contributed by atoms with Crippen molar-refractivity contribution >= 4 is 10.2 Å². The Bertz CT molecular complexity index is 500. The van der Waals surface area contributed by atoms with Gasteiger partial charge in [0, 0.05) is 13.1 Å². The van der Waals surface area contributed by atoms with E-state index in [0.717, 1.165) is 5.56 Å². The highest BCUT2D eigenvalue weighted by atomic mass is 32.2. The molecule has 0 aliphatic heterocycles. The van der Waals surface area contributed by atoms with E-state index in [1.54, 1.807) is 24.3 Å². The Balaban J connectivity index is 2.50. The Hall–Kier alpha value is -1.16. The van der Waals surface area contributed by atoms with Gasteiger partial charge in [-0.2, -0.15) is 31.0 Å². The normalized spacial score (nSPS) is 12.6. The molecule has 0 bridgehead atoms. The Morgan fingerprint density at radius 1 is 1.05 bits per heavy atom. The van der Waals surface area contributed by atoms with Gasteiger partial charge in [0.2, 0.25) is 0 Å². The van der Waals surface area contributed by atoms with E-state index < -0.39 is 22.9 Å². The van der Waals surface area contributed by atoms with Gasteiger partial charge < -0.3 is 5.73 Å². The van der Waals surface area contributed by atoms with Crippen LogP contribution in [0, 0.1) is 0 Å². The molecule has 0 heterocycles. The van der Waals surface area contributed by atoms with Gasteiger partial charge in [-0.1, -0.05) is 24.3 Å². The number of hydrogen-bond donors (Lipinski definition) is 3. The average molecular weight is 297 g/mol. The number of rotatable bonds is 6. The standard InChI is InChI=1S/C10H14F3N3O2S/c11-10(12,13)7-16-19(17,18)15-6-9-3-1-8(5-14)2-4-9/h1-4,15-16H,5-7,14H2. The molecule has 4 N–H and O–H groups in total. The molecule has 9 heteroatoms. The quantitative estimate of drug-likeness (QED) is 0.720. The minimum Gasteiger partial charge on any atom is -0.326 e. The van der Waals surface area contributed by atoms with Crippen molar-refractivity contribution < 1.29 is 21.6 Å². The summed E-state index contributed by atoms with van der Waals surface area (Å²) in [6.45, 7) is -1.34. The van der Waals surface area contributed by atoms with Crippen LogP contribution in [0.5, 0.6) is 0 Å². The van der Waals surface area contributed by atoms with Crippen LogP contribution in [0.3, 0.4) is 0 Å². The number of halogens is 3. The first-order valence-corrected chi connectivity index (χ1v) is 6.79. The van der Waals surface area contributed by atoms with E-state index in [-0.39, 0.29) is 6.54 Å². The molecule has 0 spiro atoms. The van der Waals surface area contributed by atoms with E-state index in [1.165, 1.54) is 4.72 Å². The zero-order valence-corrected chi connectivity index (χ0v) is 10.7. The molecule has 0 unspecified atom stereocenters. The first-order chi connectivity index (χ1) is 8.72. The Kier molecular flexibility index (Phi) is 5.29. The molecule has 1 aromatic carbocycles. The van der Waals surface area contributed by atoms with Crippen LogP contribution in [-0.4, -0.2) is 21.1 Å². The maximum absolute atomic E-state index is 11.9. The van der Waals surface area contributed by atoms with Crippen molar-refractivity contribution in [3.8, 4) is 0 Å². The summed E-state index contributed by atoms with van der Waals surface area (Å²) >= 11 is 0. The lowest BCUT2D eigenvalue weighted by Crippen LogP contribution is -2.41. The van der Waals surface area contributed by atoms with Crippen molar-refractivity contribution in [1.29, 1.82) is 0 Å². The van der Waals surface area contributed by atoms with Crippen molar-refractivity contribution in [2.75, 3.05) is 6.54 Å². The van der Waals surface area contributed by atoms with Gasteiger partial charge in [0.05, 0.1) is 0 Å². The second kappa shape index (κ2) is 6.33. The Morgan fingerprint density at radius 2 is 1.58 bits per heavy atom. The third-order valence-corrected chi connectivity index (χ3v) is 3.24. The van der Waals surface area contributed by atoms with Crippen LogP contribution in [0.1, 0.15) is 11.1 Å². The van der Waals surface area contributed by atoms with Gasteiger partial charge in [-0.25, -0.2) is 0 Å². The predicted molar refractivity (Wildman–Crippen MR) is 64.2 cm³/mol. The molecular formula is C10H14F3N3O2S. The minimum atomic E-state index is -4.59. The van der Waals surface area contributed by atoms with Gasteiger partial charge in [-0.3, -0.25) is 0 Å². The fourth-order valence-corrected chi connectivity index (χ4v) is 2.01. The summed E-state index contributed by atoms with van der Waals surface area (Å²) in [5, 5.41) is 0. The lowest BCUT2D eigenvalue weighted by Gasteiger charge is -2.10. The van der Waals surface area contributed by atoms with Crippen LogP contribution in [0.25, 0.3) is 0 Å². The highest BCUT2D eigenvalue weighted by molar-refractivity contribution is 7.87. The van der Waals surface area contributed by atoms with E-state index in [9.17, 15) is 21.6 Å². The van der Waals surface area contributed by atoms with Crippen LogP contribution in [0.4, 0.5) is 13.2 Å². The summed E-state index contributed by atoms with van der Waals surface area (Å²) in [5.41, 5.74) is 6.89. The number of hydrogen-bond acceptors (Lipinski definition) is 3. The van der Waals surface area contributed by atoms with Crippen molar-refractivity contribution in [3.05, 3.63) is 35.4 Å². The molecule has 1 rings (SSSR count). The van der Waals surface area contributed by atoms with Crippen LogP contribution in [-0.2, 0) is 23.3 Å². The number of nitrogens with two attached hydrogens (primary N) is 1. The molecule has 0 aliphatic rings. The zero-order valence-electron chi connectivity index (χ0n) is 9.87. The summed E-state index contributed by atoms with van der Waals surface area (Å²) < 4.78 is 61.5. The molecule has 0 atom stereocenters. The third kappa shape index (κ3) is 6.53. The highest BCUT2D eigenvalue weighted by Gasteiger charge is 2.29. The first kappa shape index (κ1) is 15.9. The molecule has 19 heavy (non-hydrogen) atoms. The summed E-state index contributed by atoms with van der Waals surface area (Å²) in [6, 6.07) is 6.72. The molecule has 0 aliphatic carbocycles. The monoisotopic (exact) mass is 297 g/mol. The lowest BCUT2D eigenvalue weighted by atomic mass is 10.1. The lowest BCUT2D eigenvalue weighted by molar-refractivity contribution is -0.121. The van der Waals surface area contributed by atoms with Crippen molar-refractivity contribution in [2.24, 2.45) is 5.73 Å². The second-order valence-corrected chi connectivity index (χ2v) is 5.37. The minimum absolute atomic E-state index is 0.0992. The molecule has 108 valence electrons. The summed E-state index contributed by atoms with van der Waals surface area (Å²) in [6.07, 6.45) is -4.59. The Morgan fingerprint density at radius 3 is 2.05 bits per heavy atom. The van der Waals surface area contributed by atoms with Crippen LogP contribution >= 0.6 is 0 Å². The van der Waals surface area contributed by atoms with E-state index in [2.05, 4.69) is 0 Å². The Labute approximate surface area is 109 Å². The molecule has 1 aromatic rings. The van der Waals surface area contributed by atoms with Gasteiger partial charge in [0.25, 0.3) is 10.2 Å². The summed E-state index contributed by atoms with van der Waals surface area (Å²) in [4.78, 5) is 0. The fraction of sp³-hybridized carbons (Fsp3) is 0.400. The largest absolute Gasteiger partial charge is 0.402 e. The predicted octanol–water partition coefficient (Wildman–Crippen LogP) is 0.632. The maximum atomic E-state index is 11.9. The molecule has 0 saturated carbocycles. The molecule has 0 radical (unpaired) electrons. The summed E-state index contributed by atoms with van der Waals surface area (Å²) in [7, 11) is -4.17. The average Bonchev–Trinajstić information content (AvgIpc) is 2.34. The third-order valence-electron chi connectivity index (χ3n) is 2.19. The number of benzene rings is 1. The fourth-order valence-electron chi connectivity index (χ4n) is 1.20. The van der Waals surface area contributed by atoms with Crippen LogP contribution in [0.2, 0.25) is 0 Å². The topological polar surface area (TPSA) is 84.2 Å². The molecular weight excluding hydrogens is 283 g/mol. The zero-order chi connectivity index (χ0) is 14.5. The molecule has 0 amide bonds. The van der Waals surface area contributed by atoms with Crippen LogP contribution in [0.15, 0.2) is 24.3 Å². The van der Waals surface area contributed by atoms with Gasteiger partial charge >= 0.3 is 6.18 Å². The first-order valence-electron chi connectivity index (χ1n) is 5.31. The van der Waals surface area contributed by atoms with E-state index >= 15 is 0 Å². The van der Waals surface area contributed by atoms with E-state index in [4.69, 9.17) is 5.73 Å². The van der Waals surface area contributed by atoms with Gasteiger partial charge in [-0.05, 0) is 11.1 Å². The van der Waals surface area contributed by atoms with E-state index in [1.807, 2.05) is 4.72 Å². The van der Waals surface area contributed by atoms with Gasteiger partial charge in [-0.15, -0.1) is 0 Å². The van der Waals surface area contributed by atoms with E-state index in [0.29, 0.717) is 12.1 Å². The van der Waals surface area contributed by atoms with Crippen molar-refractivity contribution in [3.63, 3.8) is 0 Å². The molecule has 0 saturated heterocycles. The SMILES string of the molecule is NCc1ccc(CNS(=O)(=O)NCC(F)(F)F)cc1. The molecule has 0 fully saturated rings. The maximum Gasteiger partial charge on any atom is 0.402 e. The summed E-state index contributed by atoms with van der Waals surface area (Å²) in [5.74, 6) is 0. The second-order valence-electron chi connectivity index (χ2n) is 3.78. The smallest absolute Gasteiger partial charge is 0.326 e. The van der Waals surface area contributed by atoms with Crippen LogP contribution < -0.4 is 15.2 Å². The number of alkyl halides is 3. The highest BCUT2D eigenvalue weighted by Crippen LogP contribution is 2.12. The molecule has 5 nitrogen and oxygen atoms in total. The van der Waals surface area contributed by atoms with Gasteiger partial charge in [0.1, 0.15) is 6.54 Å². The van der Waals surface area contributed by atoms with Crippen molar-refractivity contribution in [1.82, 2.24) is 9.44 Å². The number of nitrogens with one attached hydrogen (secondary N) is 2.